The molecule has 0 saturated carbocycles. The summed E-state index contributed by atoms with van der Waals surface area (Å²) in [6, 6.07) is 5.38. The van der Waals surface area contributed by atoms with Crippen LogP contribution in [0.5, 0.6) is 0 Å². The fraction of sp³-hybridized carbons (Fsp3) is 0.467. The first-order valence-corrected chi connectivity index (χ1v) is 9.71. The molecule has 0 bridgehead atoms. The van der Waals surface area contributed by atoms with E-state index in [2.05, 4.69) is 14.8 Å². The molecule has 1 aliphatic rings. The van der Waals surface area contributed by atoms with E-state index in [-0.39, 0.29) is 32.2 Å². The Balaban J connectivity index is 1.88. The topological polar surface area (TPSA) is 108 Å². The van der Waals surface area contributed by atoms with Crippen LogP contribution < -0.4 is 10.0 Å². The fourth-order valence-electron chi connectivity index (χ4n) is 2.39. The molecule has 0 aliphatic carbocycles. The lowest BCUT2D eigenvalue weighted by atomic mass is 10.3. The molecule has 1 aliphatic heterocycles. The van der Waals surface area contributed by atoms with Crippen molar-refractivity contribution in [2.75, 3.05) is 38.6 Å². The summed E-state index contributed by atoms with van der Waals surface area (Å²) in [5, 5.41) is 3.30. The van der Waals surface area contributed by atoms with Crippen LogP contribution in [0.2, 0.25) is 5.02 Å². The molecule has 9 nitrogen and oxygen atoms in total. The number of methoxy groups -OCH3 is 1. The van der Waals surface area contributed by atoms with Gasteiger partial charge in [-0.15, -0.1) is 0 Å². The van der Waals surface area contributed by atoms with Crippen molar-refractivity contribution in [3.8, 4) is 0 Å². The van der Waals surface area contributed by atoms with Gasteiger partial charge in [-0.25, -0.2) is 4.79 Å². The number of carbonyl (C=O) groups excluding carboxylic acids is 2. The Morgan fingerprint density at radius 1 is 1.15 bits per heavy atom. The van der Waals surface area contributed by atoms with E-state index in [0.717, 1.165) is 0 Å². The number of piperazine rings is 1. The lowest BCUT2D eigenvalue weighted by Gasteiger charge is -2.34. The number of hydrogen-bond donors (Lipinski definition) is 2. The first-order chi connectivity index (χ1) is 12.2. The van der Waals surface area contributed by atoms with E-state index in [4.69, 9.17) is 11.6 Å². The van der Waals surface area contributed by atoms with Crippen LogP contribution >= 0.6 is 11.6 Å². The van der Waals surface area contributed by atoms with Gasteiger partial charge in [-0.3, -0.25) is 4.79 Å². The number of ether oxygens (including phenoxy) is 1. The van der Waals surface area contributed by atoms with Crippen molar-refractivity contribution in [1.29, 1.82) is 0 Å². The summed E-state index contributed by atoms with van der Waals surface area (Å²) < 4.78 is 32.5. The van der Waals surface area contributed by atoms with Gasteiger partial charge in [0.25, 0.3) is 10.2 Å². The van der Waals surface area contributed by atoms with Crippen molar-refractivity contribution >= 4 is 39.5 Å². The van der Waals surface area contributed by atoms with Crippen molar-refractivity contribution < 1.29 is 22.7 Å². The molecule has 144 valence electrons. The maximum absolute atomic E-state index is 12.3. The number of anilines is 1. The van der Waals surface area contributed by atoms with Crippen LogP contribution in [-0.4, -0.2) is 69.0 Å². The predicted octanol–water partition coefficient (Wildman–Crippen LogP) is 0.885. The van der Waals surface area contributed by atoms with Crippen LogP contribution in [0.25, 0.3) is 0 Å². The summed E-state index contributed by atoms with van der Waals surface area (Å²) in [6.45, 7) is 2.10. The highest BCUT2D eigenvalue weighted by atomic mass is 35.5. The summed E-state index contributed by atoms with van der Waals surface area (Å²) in [5.74, 6) is -0.672. The zero-order valence-corrected chi connectivity index (χ0v) is 16.0. The molecule has 2 rings (SSSR count). The molecule has 1 aromatic rings. The second-order valence-corrected chi connectivity index (χ2v) is 7.83. The second kappa shape index (κ2) is 8.67. The molecule has 26 heavy (non-hydrogen) atoms. The number of nitrogens with zero attached hydrogens (tertiary/aromatic N) is 2. The van der Waals surface area contributed by atoms with Crippen molar-refractivity contribution in [2.45, 2.75) is 13.0 Å². The Hall–Kier alpha value is -1.88. The standard InChI is InChI=1S/C15H21ClN4O5S/c1-11(14(21)25-2)18-26(23,24)20-9-7-19(8-10-20)15(22)17-13-5-3-12(16)4-6-13/h3-6,11,18H,7-10H2,1-2H3,(H,17,22). The maximum Gasteiger partial charge on any atom is 0.323 e. The smallest absolute Gasteiger partial charge is 0.323 e. The van der Waals surface area contributed by atoms with Gasteiger partial charge in [-0.05, 0) is 31.2 Å². The molecule has 1 unspecified atom stereocenters. The number of carbonyl (C=O) groups is 2. The SMILES string of the molecule is COC(=O)C(C)NS(=O)(=O)N1CCN(C(=O)Nc2ccc(Cl)cc2)CC1. The molecule has 1 fully saturated rings. The Morgan fingerprint density at radius 2 is 1.73 bits per heavy atom. The Kier molecular flexibility index (Phi) is 6.81. The van der Waals surface area contributed by atoms with Gasteiger partial charge >= 0.3 is 12.0 Å². The number of hydrogen-bond acceptors (Lipinski definition) is 5. The Bertz CT molecular complexity index is 748. The molecule has 1 saturated heterocycles. The quantitative estimate of drug-likeness (QED) is 0.708. The van der Waals surface area contributed by atoms with Gasteiger partial charge in [-0.2, -0.15) is 17.4 Å². The van der Waals surface area contributed by atoms with Crippen LogP contribution in [0.4, 0.5) is 10.5 Å². The maximum atomic E-state index is 12.3. The molecule has 1 atom stereocenters. The molecule has 1 heterocycles. The molecule has 11 heteroatoms. The van der Waals surface area contributed by atoms with Gasteiger partial charge in [-0.1, -0.05) is 11.6 Å². The van der Waals surface area contributed by atoms with E-state index in [1.54, 1.807) is 24.3 Å². The molecule has 1 aromatic carbocycles. The first-order valence-electron chi connectivity index (χ1n) is 7.89. The zero-order valence-electron chi connectivity index (χ0n) is 14.4. The van der Waals surface area contributed by atoms with E-state index in [0.29, 0.717) is 10.7 Å². The molecular weight excluding hydrogens is 384 g/mol. The summed E-state index contributed by atoms with van der Waals surface area (Å²) in [4.78, 5) is 25.1. The third-order valence-corrected chi connectivity index (χ3v) is 5.79. The minimum absolute atomic E-state index is 0.122. The molecular formula is C15H21ClN4O5S. The van der Waals surface area contributed by atoms with Gasteiger partial charge in [0.2, 0.25) is 0 Å². The summed E-state index contributed by atoms with van der Waals surface area (Å²) in [6.07, 6.45) is 0. The lowest BCUT2D eigenvalue weighted by molar-refractivity contribution is -0.142. The second-order valence-electron chi connectivity index (χ2n) is 5.69. The summed E-state index contributed by atoms with van der Waals surface area (Å²) >= 11 is 5.80. The minimum Gasteiger partial charge on any atom is -0.468 e. The Labute approximate surface area is 157 Å². The van der Waals surface area contributed by atoms with Crippen LogP contribution in [0.15, 0.2) is 24.3 Å². The number of urea groups is 1. The zero-order chi connectivity index (χ0) is 19.3. The fourth-order valence-corrected chi connectivity index (χ4v) is 3.85. The average molecular weight is 405 g/mol. The lowest BCUT2D eigenvalue weighted by Crippen LogP contribution is -2.55. The van der Waals surface area contributed by atoms with E-state index in [9.17, 15) is 18.0 Å². The van der Waals surface area contributed by atoms with Crippen molar-refractivity contribution in [3.05, 3.63) is 29.3 Å². The third-order valence-electron chi connectivity index (χ3n) is 3.84. The largest absolute Gasteiger partial charge is 0.468 e. The van der Waals surface area contributed by atoms with E-state index in [1.807, 2.05) is 0 Å². The van der Waals surface area contributed by atoms with E-state index < -0.39 is 22.2 Å². The van der Waals surface area contributed by atoms with Crippen molar-refractivity contribution in [1.82, 2.24) is 13.9 Å². The number of esters is 1. The van der Waals surface area contributed by atoms with Crippen LogP contribution in [0, 0.1) is 0 Å². The van der Waals surface area contributed by atoms with E-state index in [1.165, 1.54) is 23.2 Å². The average Bonchev–Trinajstić information content (AvgIpc) is 2.62. The highest BCUT2D eigenvalue weighted by molar-refractivity contribution is 7.87. The van der Waals surface area contributed by atoms with Gasteiger partial charge in [0.15, 0.2) is 0 Å². The van der Waals surface area contributed by atoms with Crippen LogP contribution in [0.1, 0.15) is 6.92 Å². The normalized spacial score (nSPS) is 16.8. The van der Waals surface area contributed by atoms with Gasteiger partial charge in [0, 0.05) is 36.9 Å². The van der Waals surface area contributed by atoms with Crippen molar-refractivity contribution in [2.24, 2.45) is 0 Å². The minimum atomic E-state index is -3.84. The molecule has 0 spiro atoms. The number of benzene rings is 1. The highest BCUT2D eigenvalue weighted by Crippen LogP contribution is 2.15. The van der Waals surface area contributed by atoms with Crippen molar-refractivity contribution in [3.63, 3.8) is 0 Å². The first kappa shape index (κ1) is 20.4. The van der Waals surface area contributed by atoms with Gasteiger partial charge in [0.05, 0.1) is 7.11 Å². The highest BCUT2D eigenvalue weighted by Gasteiger charge is 2.31. The van der Waals surface area contributed by atoms with Gasteiger partial charge < -0.3 is 15.0 Å². The van der Waals surface area contributed by atoms with Crippen LogP contribution in [0.3, 0.4) is 0 Å². The number of amides is 2. The number of halogens is 1. The molecule has 2 amide bonds. The molecule has 0 radical (unpaired) electrons. The number of rotatable bonds is 5. The summed E-state index contributed by atoms with van der Waals surface area (Å²) in [5.41, 5.74) is 0.600. The van der Waals surface area contributed by atoms with Crippen LogP contribution in [-0.2, 0) is 19.7 Å². The van der Waals surface area contributed by atoms with Gasteiger partial charge in [0.1, 0.15) is 6.04 Å². The van der Waals surface area contributed by atoms with E-state index >= 15 is 0 Å². The summed E-state index contributed by atoms with van der Waals surface area (Å²) in [7, 11) is -2.66. The monoisotopic (exact) mass is 404 g/mol. The number of nitrogens with one attached hydrogen (secondary N) is 2. The molecule has 2 N–H and O–H groups in total. The predicted molar refractivity (Wildman–Crippen MR) is 97.2 cm³/mol. The molecule has 0 aromatic heterocycles. The third kappa shape index (κ3) is 5.31. The Morgan fingerprint density at radius 3 is 2.27 bits per heavy atom.